The molecule has 1 aliphatic heterocycles. The van der Waals surface area contributed by atoms with Gasteiger partial charge in [0, 0.05) is 23.7 Å². The Labute approximate surface area is 196 Å². The van der Waals surface area contributed by atoms with Gasteiger partial charge in [-0.1, -0.05) is 11.6 Å². The Morgan fingerprint density at radius 2 is 1.55 bits per heavy atom. The van der Waals surface area contributed by atoms with Gasteiger partial charge in [0.05, 0.1) is 28.0 Å². The summed E-state index contributed by atoms with van der Waals surface area (Å²) in [6.45, 7) is 2.74. The number of halogens is 1. The highest BCUT2D eigenvalue weighted by molar-refractivity contribution is 7.89. The van der Waals surface area contributed by atoms with Gasteiger partial charge in [-0.25, -0.2) is 13.1 Å². The van der Waals surface area contributed by atoms with Crippen LogP contribution >= 0.6 is 11.6 Å². The maximum Gasteiger partial charge on any atom is 0.273 e. The van der Waals surface area contributed by atoms with Crippen LogP contribution < -0.4 is 10.9 Å². The predicted molar refractivity (Wildman–Crippen MR) is 123 cm³/mol. The number of benzene rings is 2. The van der Waals surface area contributed by atoms with E-state index in [2.05, 4.69) is 16.0 Å². The molecule has 4 rings (SSSR count). The van der Waals surface area contributed by atoms with Crippen molar-refractivity contribution in [2.24, 2.45) is 0 Å². The maximum atomic E-state index is 12.6. The Balaban J connectivity index is 1.40. The molecule has 1 aromatic heterocycles. The van der Waals surface area contributed by atoms with Crippen molar-refractivity contribution in [2.45, 2.75) is 24.7 Å². The first-order chi connectivity index (χ1) is 15.8. The fourth-order valence-electron chi connectivity index (χ4n) is 3.58. The van der Waals surface area contributed by atoms with Crippen LogP contribution in [0.15, 0.2) is 59.6 Å². The number of sulfonamides is 1. The summed E-state index contributed by atoms with van der Waals surface area (Å²) in [7, 11) is -3.56. The van der Waals surface area contributed by atoms with Gasteiger partial charge in [0.2, 0.25) is 10.0 Å². The molecule has 2 amide bonds. The molecule has 0 radical (unpaired) electrons. The molecule has 9 nitrogen and oxygen atoms in total. The van der Waals surface area contributed by atoms with Crippen molar-refractivity contribution < 1.29 is 18.0 Å². The van der Waals surface area contributed by atoms with Gasteiger partial charge in [-0.2, -0.15) is 9.40 Å². The number of hydrogen-bond acceptors (Lipinski definition) is 5. The van der Waals surface area contributed by atoms with Gasteiger partial charge in [-0.3, -0.25) is 20.4 Å². The average molecular weight is 488 g/mol. The van der Waals surface area contributed by atoms with E-state index in [1.807, 2.05) is 0 Å². The van der Waals surface area contributed by atoms with Crippen LogP contribution in [0, 0.1) is 6.92 Å². The van der Waals surface area contributed by atoms with Crippen molar-refractivity contribution in [3.63, 3.8) is 0 Å². The molecule has 2 aromatic carbocycles. The summed E-state index contributed by atoms with van der Waals surface area (Å²) >= 11 is 5.91. The third-order valence-corrected chi connectivity index (χ3v) is 7.60. The zero-order chi connectivity index (χ0) is 23.6. The second-order valence-corrected chi connectivity index (χ2v) is 9.95. The summed E-state index contributed by atoms with van der Waals surface area (Å²) in [5.74, 6) is -1.11. The lowest BCUT2D eigenvalue weighted by atomic mass is 10.2. The Morgan fingerprint density at radius 1 is 0.939 bits per heavy atom. The molecule has 11 heteroatoms. The minimum atomic E-state index is -3.56. The monoisotopic (exact) mass is 487 g/mol. The molecule has 33 heavy (non-hydrogen) atoms. The molecule has 3 aromatic rings. The summed E-state index contributed by atoms with van der Waals surface area (Å²) in [5.41, 5.74) is 6.53. The van der Waals surface area contributed by atoms with Gasteiger partial charge in [-0.15, -0.1) is 0 Å². The van der Waals surface area contributed by atoms with Gasteiger partial charge < -0.3 is 0 Å². The van der Waals surface area contributed by atoms with Crippen molar-refractivity contribution in [1.82, 2.24) is 24.9 Å². The van der Waals surface area contributed by atoms with Crippen molar-refractivity contribution in [2.75, 3.05) is 13.1 Å². The molecule has 172 valence electrons. The van der Waals surface area contributed by atoms with E-state index in [1.165, 1.54) is 34.8 Å². The van der Waals surface area contributed by atoms with Gasteiger partial charge in [0.1, 0.15) is 0 Å². The Morgan fingerprint density at radius 3 is 2.18 bits per heavy atom. The zero-order valence-electron chi connectivity index (χ0n) is 17.8. The fraction of sp³-hybridized carbons (Fsp3) is 0.227. The van der Waals surface area contributed by atoms with Crippen LogP contribution in [0.25, 0.3) is 5.69 Å². The molecule has 0 atom stereocenters. The SMILES string of the molecule is Cc1c(C(=O)NNC(=O)c2ccc(S(=O)(=O)N3CCCC3)cc2)cnn1-c1ccc(Cl)cc1. The number of hydrogen-bond donors (Lipinski definition) is 2. The second-order valence-electron chi connectivity index (χ2n) is 7.58. The molecule has 0 unspecified atom stereocenters. The van der Waals surface area contributed by atoms with E-state index in [0.29, 0.717) is 23.8 Å². The number of amides is 2. The van der Waals surface area contributed by atoms with E-state index in [1.54, 1.807) is 35.9 Å². The van der Waals surface area contributed by atoms with E-state index in [-0.39, 0.29) is 16.0 Å². The predicted octanol–water partition coefficient (Wildman–Crippen LogP) is 2.69. The van der Waals surface area contributed by atoms with E-state index >= 15 is 0 Å². The fourth-order valence-corrected chi connectivity index (χ4v) is 5.23. The number of carbonyl (C=O) groups is 2. The summed E-state index contributed by atoms with van der Waals surface area (Å²) in [4.78, 5) is 25.1. The topological polar surface area (TPSA) is 113 Å². The lowest BCUT2D eigenvalue weighted by molar-refractivity contribution is 0.0846. The van der Waals surface area contributed by atoms with Crippen LogP contribution in [0.3, 0.4) is 0 Å². The van der Waals surface area contributed by atoms with Crippen LogP contribution in [-0.4, -0.2) is 47.4 Å². The van der Waals surface area contributed by atoms with Crippen molar-refractivity contribution >= 4 is 33.4 Å². The molecule has 0 saturated carbocycles. The Kier molecular flexibility index (Phi) is 6.50. The second kappa shape index (κ2) is 9.34. The van der Waals surface area contributed by atoms with E-state index in [4.69, 9.17) is 11.6 Å². The quantitative estimate of drug-likeness (QED) is 0.537. The van der Waals surface area contributed by atoms with E-state index in [9.17, 15) is 18.0 Å². The van der Waals surface area contributed by atoms with Crippen molar-refractivity contribution in [3.8, 4) is 5.69 Å². The number of hydrazine groups is 1. The lowest BCUT2D eigenvalue weighted by Gasteiger charge is -2.15. The Bertz CT molecular complexity index is 1280. The van der Waals surface area contributed by atoms with E-state index in [0.717, 1.165) is 18.5 Å². The summed E-state index contributed by atoms with van der Waals surface area (Å²) in [6, 6.07) is 12.6. The normalized spacial score (nSPS) is 14.2. The molecule has 1 aliphatic rings. The minimum Gasteiger partial charge on any atom is -0.267 e. The molecule has 0 bridgehead atoms. The van der Waals surface area contributed by atoms with Crippen LogP contribution in [0.2, 0.25) is 5.02 Å². The summed E-state index contributed by atoms with van der Waals surface area (Å²) in [6.07, 6.45) is 3.10. The first kappa shape index (κ1) is 23.0. The molecule has 0 spiro atoms. The molecule has 2 heterocycles. The summed E-state index contributed by atoms with van der Waals surface area (Å²) < 4.78 is 28.2. The Hall–Kier alpha value is -3.21. The van der Waals surface area contributed by atoms with Crippen LogP contribution in [0.4, 0.5) is 0 Å². The van der Waals surface area contributed by atoms with Crippen LogP contribution in [-0.2, 0) is 10.0 Å². The maximum absolute atomic E-state index is 12.6. The van der Waals surface area contributed by atoms with Crippen LogP contribution in [0.1, 0.15) is 39.3 Å². The van der Waals surface area contributed by atoms with Crippen molar-refractivity contribution in [1.29, 1.82) is 0 Å². The average Bonchev–Trinajstić information content (AvgIpc) is 3.49. The van der Waals surface area contributed by atoms with Crippen LogP contribution in [0.5, 0.6) is 0 Å². The largest absolute Gasteiger partial charge is 0.273 e. The first-order valence-electron chi connectivity index (χ1n) is 10.3. The molecule has 0 aliphatic carbocycles. The first-order valence-corrected chi connectivity index (χ1v) is 12.1. The van der Waals surface area contributed by atoms with Gasteiger partial charge >= 0.3 is 0 Å². The third kappa shape index (κ3) is 4.77. The van der Waals surface area contributed by atoms with Gasteiger partial charge in [-0.05, 0) is 68.3 Å². The molecule has 1 fully saturated rings. The minimum absolute atomic E-state index is 0.134. The smallest absolute Gasteiger partial charge is 0.267 e. The number of rotatable bonds is 5. The molecule has 2 N–H and O–H groups in total. The van der Waals surface area contributed by atoms with Gasteiger partial charge in [0.25, 0.3) is 11.8 Å². The van der Waals surface area contributed by atoms with Crippen molar-refractivity contribution in [3.05, 3.63) is 76.6 Å². The highest BCUT2D eigenvalue weighted by Gasteiger charge is 2.27. The standard InChI is InChI=1S/C22H22ClN5O4S/c1-15-20(14-24-28(15)18-8-6-17(23)7-9-18)22(30)26-25-21(29)16-4-10-19(11-5-16)33(31,32)27-12-2-3-13-27/h4-11,14H,2-3,12-13H2,1H3,(H,25,29)(H,26,30). The lowest BCUT2D eigenvalue weighted by Crippen LogP contribution is -2.41. The third-order valence-electron chi connectivity index (χ3n) is 5.43. The van der Waals surface area contributed by atoms with Gasteiger partial charge in [0.15, 0.2) is 0 Å². The molecular formula is C22H22ClN5O4S. The highest BCUT2D eigenvalue weighted by atomic mass is 35.5. The number of aromatic nitrogens is 2. The molecular weight excluding hydrogens is 466 g/mol. The molecule has 1 saturated heterocycles. The zero-order valence-corrected chi connectivity index (χ0v) is 19.4. The van der Waals surface area contributed by atoms with E-state index < -0.39 is 21.8 Å². The number of carbonyl (C=O) groups excluding carboxylic acids is 2. The number of nitrogens with zero attached hydrogens (tertiary/aromatic N) is 3. The highest BCUT2D eigenvalue weighted by Crippen LogP contribution is 2.21. The number of nitrogens with one attached hydrogen (secondary N) is 2. The summed E-state index contributed by atoms with van der Waals surface area (Å²) in [5, 5.41) is 4.82.